The van der Waals surface area contributed by atoms with Crippen molar-refractivity contribution in [2.24, 2.45) is 0 Å². The van der Waals surface area contributed by atoms with Gasteiger partial charge < -0.3 is 4.74 Å². The number of para-hydroxylation sites is 2. The molecular formula is C24H19N3O3. The molecule has 6 nitrogen and oxygen atoms in total. The normalized spacial score (nSPS) is 15.0. The topological polar surface area (TPSA) is 73.7 Å². The van der Waals surface area contributed by atoms with Crippen LogP contribution in [0.3, 0.4) is 0 Å². The minimum Gasteiger partial charge on any atom is -0.497 e. The summed E-state index contributed by atoms with van der Waals surface area (Å²) in [6, 6.07) is 24.7. The Balaban J connectivity index is 1.77. The van der Waals surface area contributed by atoms with Crippen LogP contribution in [0.4, 0.5) is 11.4 Å². The zero-order chi connectivity index (χ0) is 21.1. The highest BCUT2D eigenvalue weighted by Crippen LogP contribution is 2.31. The quantitative estimate of drug-likeness (QED) is 0.516. The summed E-state index contributed by atoms with van der Waals surface area (Å²) in [6.45, 7) is 0. The third-order valence-electron chi connectivity index (χ3n) is 4.76. The zero-order valence-corrected chi connectivity index (χ0v) is 16.3. The Hall–Kier alpha value is -4.19. The highest BCUT2D eigenvalue weighted by atomic mass is 16.5. The van der Waals surface area contributed by atoms with E-state index in [0.717, 1.165) is 0 Å². The molecule has 3 aromatic carbocycles. The Morgan fingerprint density at radius 1 is 0.833 bits per heavy atom. The van der Waals surface area contributed by atoms with Gasteiger partial charge in [0.25, 0.3) is 5.91 Å². The van der Waals surface area contributed by atoms with E-state index in [-0.39, 0.29) is 17.4 Å². The fourth-order valence-corrected chi connectivity index (χ4v) is 3.26. The van der Waals surface area contributed by atoms with Gasteiger partial charge in [0.2, 0.25) is 5.96 Å². The predicted molar refractivity (Wildman–Crippen MR) is 116 cm³/mol. The number of carbonyl (C=O) groups excluding carboxylic acids is 2. The summed E-state index contributed by atoms with van der Waals surface area (Å²) < 4.78 is 5.13. The molecular weight excluding hydrogens is 378 g/mol. The number of allylic oxidation sites excluding steroid dienone is 1. The molecule has 0 aromatic heterocycles. The van der Waals surface area contributed by atoms with E-state index < -0.39 is 5.91 Å². The largest absolute Gasteiger partial charge is 0.497 e. The minimum absolute atomic E-state index is 0.0359. The van der Waals surface area contributed by atoms with E-state index in [4.69, 9.17) is 10.1 Å². The lowest BCUT2D eigenvalue weighted by molar-refractivity contribution is -0.113. The highest BCUT2D eigenvalue weighted by Gasteiger charge is 2.40. The van der Waals surface area contributed by atoms with Gasteiger partial charge in [-0.05, 0) is 48.5 Å². The van der Waals surface area contributed by atoms with Crippen LogP contribution in [0, 0.1) is 5.41 Å². The number of amides is 1. The van der Waals surface area contributed by atoms with E-state index in [9.17, 15) is 9.59 Å². The zero-order valence-electron chi connectivity index (χ0n) is 16.3. The van der Waals surface area contributed by atoms with Crippen molar-refractivity contribution in [3.05, 3.63) is 102 Å². The molecule has 0 radical (unpaired) electrons. The minimum atomic E-state index is -0.433. The van der Waals surface area contributed by atoms with Crippen LogP contribution >= 0.6 is 0 Å². The first kappa shape index (κ1) is 19.1. The molecule has 0 unspecified atom stereocenters. The monoisotopic (exact) mass is 397 g/mol. The average molecular weight is 397 g/mol. The van der Waals surface area contributed by atoms with Crippen LogP contribution in [0.2, 0.25) is 0 Å². The van der Waals surface area contributed by atoms with Crippen molar-refractivity contribution in [1.29, 1.82) is 5.41 Å². The van der Waals surface area contributed by atoms with Crippen molar-refractivity contribution in [2.45, 2.75) is 0 Å². The van der Waals surface area contributed by atoms with Gasteiger partial charge in [-0.3, -0.25) is 19.9 Å². The van der Waals surface area contributed by atoms with Gasteiger partial charge >= 0.3 is 0 Å². The molecule has 3 aromatic rings. The van der Waals surface area contributed by atoms with E-state index in [2.05, 4.69) is 0 Å². The smallest absolute Gasteiger partial charge is 0.282 e. The summed E-state index contributed by atoms with van der Waals surface area (Å²) in [5, 5.41) is 8.66. The number of hydrogen-bond donors (Lipinski definition) is 1. The SMILES string of the molecule is COc1ccc(C(=O)C=C2C(=O)N(c3ccccc3)C(=N)N2c2ccccc2)cc1. The molecule has 0 aliphatic carbocycles. The van der Waals surface area contributed by atoms with Gasteiger partial charge in [-0.2, -0.15) is 0 Å². The molecule has 0 atom stereocenters. The standard InChI is InChI=1S/C24H19N3O3/c1-30-20-14-12-17(13-15-20)22(28)16-21-23(29)27(19-10-6-3-7-11-19)24(25)26(21)18-8-4-2-5-9-18/h2-16,25H,1H3. The lowest BCUT2D eigenvalue weighted by Gasteiger charge is -2.20. The molecule has 148 valence electrons. The van der Waals surface area contributed by atoms with Gasteiger partial charge in [0.05, 0.1) is 12.8 Å². The number of rotatable bonds is 5. The molecule has 4 rings (SSSR count). The number of methoxy groups -OCH3 is 1. The molecule has 1 heterocycles. The van der Waals surface area contributed by atoms with Crippen molar-refractivity contribution < 1.29 is 14.3 Å². The number of ether oxygens (including phenoxy) is 1. The maximum atomic E-state index is 13.3. The van der Waals surface area contributed by atoms with E-state index in [1.807, 2.05) is 24.3 Å². The second-order valence-electron chi connectivity index (χ2n) is 6.59. The molecule has 1 aliphatic heterocycles. The fraction of sp³-hybridized carbons (Fsp3) is 0.0417. The number of anilines is 2. The number of nitrogens with zero attached hydrogens (tertiary/aromatic N) is 2. The van der Waals surface area contributed by atoms with Gasteiger partial charge in [-0.15, -0.1) is 0 Å². The Bertz CT molecular complexity index is 1120. The Morgan fingerprint density at radius 3 is 1.90 bits per heavy atom. The molecule has 30 heavy (non-hydrogen) atoms. The molecule has 0 spiro atoms. The number of ketones is 1. The van der Waals surface area contributed by atoms with E-state index in [1.165, 1.54) is 15.9 Å². The molecule has 1 amide bonds. The van der Waals surface area contributed by atoms with Gasteiger partial charge in [0.1, 0.15) is 11.4 Å². The second kappa shape index (κ2) is 8.05. The van der Waals surface area contributed by atoms with Crippen LogP contribution in [0.15, 0.2) is 96.7 Å². The van der Waals surface area contributed by atoms with Crippen LogP contribution in [-0.4, -0.2) is 24.8 Å². The van der Waals surface area contributed by atoms with Crippen LogP contribution in [0.25, 0.3) is 0 Å². The summed E-state index contributed by atoms with van der Waals surface area (Å²) in [5.41, 5.74) is 1.74. The predicted octanol–water partition coefficient (Wildman–Crippen LogP) is 4.25. The molecule has 6 heteroatoms. The van der Waals surface area contributed by atoms with E-state index in [1.54, 1.807) is 67.8 Å². The number of hydrogen-bond acceptors (Lipinski definition) is 4. The van der Waals surface area contributed by atoms with Gasteiger partial charge in [0, 0.05) is 17.3 Å². The van der Waals surface area contributed by atoms with E-state index >= 15 is 0 Å². The summed E-state index contributed by atoms with van der Waals surface area (Å²) in [5.74, 6) is -0.160. The van der Waals surface area contributed by atoms with Crippen LogP contribution in [0.5, 0.6) is 5.75 Å². The lowest BCUT2D eigenvalue weighted by Crippen LogP contribution is -2.33. The van der Waals surface area contributed by atoms with Gasteiger partial charge in [-0.1, -0.05) is 36.4 Å². The number of benzene rings is 3. The van der Waals surface area contributed by atoms with Crippen LogP contribution < -0.4 is 14.5 Å². The first-order valence-corrected chi connectivity index (χ1v) is 9.33. The third-order valence-corrected chi connectivity index (χ3v) is 4.76. The van der Waals surface area contributed by atoms with Crippen LogP contribution in [-0.2, 0) is 4.79 Å². The summed E-state index contributed by atoms with van der Waals surface area (Å²) in [7, 11) is 1.55. The fourth-order valence-electron chi connectivity index (χ4n) is 3.26. The van der Waals surface area contributed by atoms with Crippen molar-refractivity contribution in [3.63, 3.8) is 0 Å². The molecule has 1 fully saturated rings. The van der Waals surface area contributed by atoms with Crippen LogP contribution in [0.1, 0.15) is 10.4 Å². The first-order chi connectivity index (χ1) is 14.6. The van der Waals surface area contributed by atoms with Gasteiger partial charge in [-0.25, -0.2) is 4.90 Å². The maximum Gasteiger partial charge on any atom is 0.282 e. The summed E-state index contributed by atoms with van der Waals surface area (Å²) in [6.07, 6.45) is 1.29. The average Bonchev–Trinajstić information content (AvgIpc) is 3.04. The molecule has 0 saturated carbocycles. The summed E-state index contributed by atoms with van der Waals surface area (Å²) >= 11 is 0. The molecule has 1 N–H and O–H groups in total. The third kappa shape index (κ3) is 3.46. The molecule has 1 aliphatic rings. The molecule has 0 bridgehead atoms. The highest BCUT2D eigenvalue weighted by molar-refractivity contribution is 6.36. The molecule has 1 saturated heterocycles. The number of guanidine groups is 1. The first-order valence-electron chi connectivity index (χ1n) is 9.33. The lowest BCUT2D eigenvalue weighted by atomic mass is 10.1. The van der Waals surface area contributed by atoms with E-state index in [0.29, 0.717) is 22.7 Å². The number of carbonyl (C=O) groups is 2. The maximum absolute atomic E-state index is 13.3. The summed E-state index contributed by atoms with van der Waals surface area (Å²) in [4.78, 5) is 28.9. The number of nitrogens with one attached hydrogen (secondary N) is 1. The second-order valence-corrected chi connectivity index (χ2v) is 6.59. The van der Waals surface area contributed by atoms with Crippen molar-refractivity contribution in [1.82, 2.24) is 0 Å². The van der Waals surface area contributed by atoms with Gasteiger partial charge in [0.15, 0.2) is 5.78 Å². The Labute approximate surface area is 174 Å². The van der Waals surface area contributed by atoms with Crippen molar-refractivity contribution in [2.75, 3.05) is 16.9 Å². The Morgan fingerprint density at radius 2 is 1.37 bits per heavy atom. The van der Waals surface area contributed by atoms with Crippen molar-refractivity contribution in [3.8, 4) is 5.75 Å². The Kier molecular flexibility index (Phi) is 5.13. The van der Waals surface area contributed by atoms with Crippen molar-refractivity contribution >= 4 is 29.0 Å².